The van der Waals surface area contributed by atoms with Crippen molar-refractivity contribution in [1.82, 2.24) is 0 Å². The first kappa shape index (κ1) is 16.0. The minimum atomic E-state index is -0.0542. The molecule has 0 unspecified atom stereocenters. The lowest BCUT2D eigenvalue weighted by atomic mass is 10.2. The summed E-state index contributed by atoms with van der Waals surface area (Å²) in [6, 6.07) is 14.0. The number of hydrogen-bond donors (Lipinski definition) is 1. The van der Waals surface area contributed by atoms with Gasteiger partial charge in [-0.3, -0.25) is 4.79 Å². The predicted octanol–water partition coefficient (Wildman–Crippen LogP) is 4.75. The van der Waals surface area contributed by atoms with Crippen LogP contribution >= 0.6 is 45.2 Å². The van der Waals surface area contributed by atoms with Crippen molar-refractivity contribution in [3.05, 3.63) is 55.2 Å². The van der Waals surface area contributed by atoms with Crippen molar-refractivity contribution in [3.63, 3.8) is 0 Å². The lowest BCUT2D eigenvalue weighted by Crippen LogP contribution is -2.18. The lowest BCUT2D eigenvalue weighted by molar-refractivity contribution is 0.102. The van der Waals surface area contributed by atoms with Gasteiger partial charge in [0.2, 0.25) is 0 Å². The highest BCUT2D eigenvalue weighted by Gasteiger charge is 2.14. The molecule has 1 aliphatic heterocycles. The van der Waals surface area contributed by atoms with Crippen molar-refractivity contribution in [2.24, 2.45) is 0 Å². The third-order valence-corrected chi connectivity index (χ3v) is 5.36. The van der Waals surface area contributed by atoms with Crippen LogP contribution in [0.25, 0.3) is 0 Å². The molecule has 114 valence electrons. The molecule has 5 heteroatoms. The van der Waals surface area contributed by atoms with Crippen molar-refractivity contribution < 1.29 is 4.79 Å². The SMILES string of the molecule is O=C(Nc1cccc(N2CCCC2)c1)c1cc(I)ccc1I. The van der Waals surface area contributed by atoms with Gasteiger partial charge < -0.3 is 10.2 Å². The van der Waals surface area contributed by atoms with E-state index in [1.54, 1.807) is 0 Å². The Bertz CT molecular complexity index is 697. The van der Waals surface area contributed by atoms with E-state index in [2.05, 4.69) is 67.5 Å². The van der Waals surface area contributed by atoms with Crippen LogP contribution in [0.5, 0.6) is 0 Å². The number of amides is 1. The fourth-order valence-corrected chi connectivity index (χ4v) is 3.70. The zero-order chi connectivity index (χ0) is 15.5. The van der Waals surface area contributed by atoms with E-state index in [0.717, 1.165) is 31.5 Å². The van der Waals surface area contributed by atoms with Crippen molar-refractivity contribution in [1.29, 1.82) is 0 Å². The third-order valence-electron chi connectivity index (χ3n) is 3.75. The van der Waals surface area contributed by atoms with Gasteiger partial charge in [-0.05, 0) is 94.4 Å². The van der Waals surface area contributed by atoms with E-state index in [1.807, 2.05) is 30.3 Å². The molecule has 1 N–H and O–H groups in total. The number of benzene rings is 2. The van der Waals surface area contributed by atoms with Crippen molar-refractivity contribution in [2.75, 3.05) is 23.3 Å². The molecule has 0 atom stereocenters. The molecule has 1 amide bonds. The van der Waals surface area contributed by atoms with Gasteiger partial charge in [0.25, 0.3) is 5.91 Å². The van der Waals surface area contributed by atoms with Crippen LogP contribution in [0.15, 0.2) is 42.5 Å². The number of carbonyl (C=O) groups excluding carboxylic acids is 1. The maximum absolute atomic E-state index is 12.5. The minimum absolute atomic E-state index is 0.0542. The predicted molar refractivity (Wildman–Crippen MR) is 108 cm³/mol. The Labute approximate surface area is 157 Å². The Morgan fingerprint density at radius 1 is 1.05 bits per heavy atom. The molecule has 0 spiro atoms. The van der Waals surface area contributed by atoms with Crippen LogP contribution in [0.2, 0.25) is 0 Å². The van der Waals surface area contributed by atoms with Crippen LogP contribution in [0.1, 0.15) is 23.2 Å². The standard InChI is InChI=1S/C17H16I2N2O/c18-12-6-7-16(19)15(10-12)17(22)20-13-4-3-5-14(11-13)21-8-1-2-9-21/h3-7,10-11H,1-2,8-9H2,(H,20,22). The fourth-order valence-electron chi connectivity index (χ4n) is 2.63. The topological polar surface area (TPSA) is 32.3 Å². The summed E-state index contributed by atoms with van der Waals surface area (Å²) in [6.07, 6.45) is 2.49. The molecule has 3 nitrogen and oxygen atoms in total. The number of carbonyl (C=O) groups is 1. The van der Waals surface area contributed by atoms with Gasteiger partial charge in [0, 0.05) is 31.6 Å². The van der Waals surface area contributed by atoms with Gasteiger partial charge >= 0.3 is 0 Å². The van der Waals surface area contributed by atoms with Gasteiger partial charge in [0.05, 0.1) is 5.56 Å². The van der Waals surface area contributed by atoms with E-state index in [4.69, 9.17) is 0 Å². The normalized spacial score (nSPS) is 14.2. The second-order valence-corrected chi connectivity index (χ2v) is 7.73. The molecule has 2 aromatic carbocycles. The number of anilines is 2. The van der Waals surface area contributed by atoms with E-state index in [0.29, 0.717) is 0 Å². The monoisotopic (exact) mass is 518 g/mol. The Hall–Kier alpha value is -0.830. The highest BCUT2D eigenvalue weighted by molar-refractivity contribution is 14.1. The average Bonchev–Trinajstić information content (AvgIpc) is 3.04. The average molecular weight is 518 g/mol. The summed E-state index contributed by atoms with van der Waals surface area (Å²) in [7, 11) is 0. The van der Waals surface area contributed by atoms with Gasteiger partial charge in [-0.1, -0.05) is 6.07 Å². The zero-order valence-electron chi connectivity index (χ0n) is 12.0. The highest BCUT2D eigenvalue weighted by Crippen LogP contribution is 2.24. The van der Waals surface area contributed by atoms with Crippen LogP contribution in [-0.4, -0.2) is 19.0 Å². The smallest absolute Gasteiger partial charge is 0.256 e. The largest absolute Gasteiger partial charge is 0.371 e. The summed E-state index contributed by atoms with van der Waals surface area (Å²) >= 11 is 4.43. The molecule has 0 aliphatic carbocycles. The summed E-state index contributed by atoms with van der Waals surface area (Å²) < 4.78 is 2.03. The Kier molecular flexibility index (Phi) is 5.22. The van der Waals surface area contributed by atoms with Crippen LogP contribution in [0.4, 0.5) is 11.4 Å². The number of nitrogens with one attached hydrogen (secondary N) is 1. The van der Waals surface area contributed by atoms with Crippen LogP contribution in [0, 0.1) is 7.14 Å². The number of rotatable bonds is 3. The lowest BCUT2D eigenvalue weighted by Gasteiger charge is -2.18. The van der Waals surface area contributed by atoms with Crippen LogP contribution in [-0.2, 0) is 0 Å². The zero-order valence-corrected chi connectivity index (χ0v) is 16.3. The molecule has 1 saturated heterocycles. The maximum Gasteiger partial charge on any atom is 0.256 e. The number of nitrogens with zero attached hydrogens (tertiary/aromatic N) is 1. The molecule has 3 rings (SSSR count). The van der Waals surface area contributed by atoms with E-state index in [9.17, 15) is 4.79 Å². The molecular weight excluding hydrogens is 502 g/mol. The fraction of sp³-hybridized carbons (Fsp3) is 0.235. The third kappa shape index (κ3) is 3.73. The van der Waals surface area contributed by atoms with Crippen molar-refractivity contribution >= 4 is 62.5 Å². The first-order valence-corrected chi connectivity index (χ1v) is 9.41. The molecule has 1 fully saturated rings. The Morgan fingerprint density at radius 2 is 1.82 bits per heavy atom. The number of hydrogen-bond acceptors (Lipinski definition) is 2. The molecule has 1 heterocycles. The van der Waals surface area contributed by atoms with Crippen LogP contribution < -0.4 is 10.2 Å². The summed E-state index contributed by atoms with van der Waals surface area (Å²) in [6.45, 7) is 2.21. The number of halogens is 2. The first-order valence-electron chi connectivity index (χ1n) is 7.25. The second-order valence-electron chi connectivity index (χ2n) is 5.32. The molecule has 0 bridgehead atoms. The van der Waals surface area contributed by atoms with Crippen molar-refractivity contribution in [3.8, 4) is 0 Å². The summed E-state index contributed by atoms with van der Waals surface area (Å²) in [4.78, 5) is 14.9. The van der Waals surface area contributed by atoms with E-state index >= 15 is 0 Å². The summed E-state index contributed by atoms with van der Waals surface area (Å²) in [5, 5.41) is 3.02. The van der Waals surface area contributed by atoms with Gasteiger partial charge in [-0.15, -0.1) is 0 Å². The maximum atomic E-state index is 12.5. The van der Waals surface area contributed by atoms with Gasteiger partial charge in [0.15, 0.2) is 0 Å². The van der Waals surface area contributed by atoms with Gasteiger partial charge in [-0.2, -0.15) is 0 Å². The summed E-state index contributed by atoms with van der Waals surface area (Å²) in [5.41, 5.74) is 2.76. The Balaban J connectivity index is 1.79. The molecule has 0 radical (unpaired) electrons. The minimum Gasteiger partial charge on any atom is -0.371 e. The van der Waals surface area contributed by atoms with Gasteiger partial charge in [-0.25, -0.2) is 0 Å². The van der Waals surface area contributed by atoms with Crippen LogP contribution in [0.3, 0.4) is 0 Å². The van der Waals surface area contributed by atoms with E-state index < -0.39 is 0 Å². The molecule has 1 aliphatic rings. The molecule has 22 heavy (non-hydrogen) atoms. The molecule has 0 saturated carbocycles. The molecule has 0 aromatic heterocycles. The first-order chi connectivity index (χ1) is 10.6. The van der Waals surface area contributed by atoms with Gasteiger partial charge in [0.1, 0.15) is 0 Å². The highest BCUT2D eigenvalue weighted by atomic mass is 127. The van der Waals surface area contributed by atoms with E-state index in [1.165, 1.54) is 18.5 Å². The second kappa shape index (κ2) is 7.16. The molecule has 2 aromatic rings. The molecular formula is C17H16I2N2O. The summed E-state index contributed by atoms with van der Waals surface area (Å²) in [5.74, 6) is -0.0542. The van der Waals surface area contributed by atoms with Crippen molar-refractivity contribution in [2.45, 2.75) is 12.8 Å². The van der Waals surface area contributed by atoms with E-state index in [-0.39, 0.29) is 5.91 Å². The quantitative estimate of drug-likeness (QED) is 0.596. The Morgan fingerprint density at radius 3 is 2.59 bits per heavy atom.